The lowest BCUT2D eigenvalue weighted by Crippen LogP contribution is -2.17. The van der Waals surface area contributed by atoms with E-state index in [9.17, 15) is 22.8 Å². The third kappa shape index (κ3) is 3.05. The van der Waals surface area contributed by atoms with Gasteiger partial charge in [0.2, 0.25) is 0 Å². The largest absolute Gasteiger partial charge is 0.398 e. The number of carbonyl (C=O) groups is 2. The van der Waals surface area contributed by atoms with Crippen molar-refractivity contribution in [3.63, 3.8) is 0 Å². The summed E-state index contributed by atoms with van der Waals surface area (Å²) in [6.07, 6.45) is -5.70. The Kier molecular flexibility index (Phi) is 3.55. The Bertz CT molecular complexity index is 467. The van der Waals surface area contributed by atoms with Gasteiger partial charge in [0.1, 0.15) is 12.7 Å². The van der Waals surface area contributed by atoms with Crippen LogP contribution in [0.25, 0.3) is 0 Å². The molecule has 0 amide bonds. The van der Waals surface area contributed by atoms with Crippen LogP contribution in [-0.2, 0) is 0 Å². The maximum atomic E-state index is 12.1. The monoisotopic (exact) mass is 245 g/mol. The van der Waals surface area contributed by atoms with Crippen molar-refractivity contribution < 1.29 is 22.8 Å². The molecule has 0 unspecified atom stereocenters. The smallest absolute Gasteiger partial charge is 0.396 e. The van der Waals surface area contributed by atoms with Gasteiger partial charge < -0.3 is 5.73 Å². The first-order valence-electron chi connectivity index (χ1n) is 4.70. The summed E-state index contributed by atoms with van der Waals surface area (Å²) in [5.41, 5.74) is 5.51. The number of Topliss-reactive ketones (excluding diaryl/α,β-unsaturated/α-hetero) is 1. The van der Waals surface area contributed by atoms with Gasteiger partial charge in [0.25, 0.3) is 0 Å². The molecule has 0 aliphatic heterocycles. The molecule has 2 N–H and O–H groups in total. The normalized spacial score (nSPS) is 11.3. The fraction of sp³-hybridized carbons (Fsp3) is 0.273. The maximum absolute atomic E-state index is 12.1. The van der Waals surface area contributed by atoms with Crippen molar-refractivity contribution in [1.29, 1.82) is 0 Å². The fourth-order valence-corrected chi connectivity index (χ4v) is 1.52. The van der Waals surface area contributed by atoms with Crippen molar-refractivity contribution >= 4 is 17.8 Å². The average Bonchev–Trinajstić information content (AvgIpc) is 2.15. The van der Waals surface area contributed by atoms with Gasteiger partial charge in [-0.1, -0.05) is 0 Å². The zero-order valence-electron chi connectivity index (χ0n) is 8.97. The Morgan fingerprint density at radius 2 is 2.00 bits per heavy atom. The topological polar surface area (TPSA) is 60.2 Å². The maximum Gasteiger partial charge on any atom is 0.396 e. The number of carbonyl (C=O) groups excluding carboxylic acids is 2. The van der Waals surface area contributed by atoms with E-state index in [2.05, 4.69) is 0 Å². The number of nitrogens with two attached hydrogens (primary N) is 1. The van der Waals surface area contributed by atoms with Crippen molar-refractivity contribution in [3.8, 4) is 0 Å². The van der Waals surface area contributed by atoms with Crippen molar-refractivity contribution in [2.75, 3.05) is 5.73 Å². The third-order valence-electron chi connectivity index (χ3n) is 2.31. The summed E-state index contributed by atoms with van der Waals surface area (Å²) in [5, 5.41) is 0. The summed E-state index contributed by atoms with van der Waals surface area (Å²) in [6.45, 7) is 1.39. The molecule has 0 heterocycles. The molecule has 0 aliphatic rings. The van der Waals surface area contributed by atoms with Crippen LogP contribution in [0.2, 0.25) is 0 Å². The van der Waals surface area contributed by atoms with Crippen LogP contribution in [-0.4, -0.2) is 18.2 Å². The summed E-state index contributed by atoms with van der Waals surface area (Å²) in [5.74, 6) is -1.13. The Morgan fingerprint density at radius 3 is 2.47 bits per heavy atom. The molecule has 1 aromatic carbocycles. The van der Waals surface area contributed by atoms with Crippen LogP contribution in [0.5, 0.6) is 0 Å². The lowest BCUT2D eigenvalue weighted by atomic mass is 9.96. The van der Waals surface area contributed by atoms with Gasteiger partial charge in [0.05, 0.1) is 0 Å². The molecule has 1 aromatic rings. The highest BCUT2D eigenvalue weighted by atomic mass is 19.4. The lowest BCUT2D eigenvalue weighted by Gasteiger charge is -2.11. The molecule has 0 atom stereocenters. The second-order valence-electron chi connectivity index (χ2n) is 3.58. The van der Waals surface area contributed by atoms with Gasteiger partial charge in [-0.05, 0) is 24.6 Å². The van der Waals surface area contributed by atoms with Gasteiger partial charge in [-0.3, -0.25) is 9.59 Å². The van der Waals surface area contributed by atoms with Gasteiger partial charge in [0.15, 0.2) is 5.78 Å². The molecule has 17 heavy (non-hydrogen) atoms. The Morgan fingerprint density at radius 1 is 1.41 bits per heavy atom. The number of alkyl halides is 3. The van der Waals surface area contributed by atoms with Crippen molar-refractivity contribution in [2.45, 2.75) is 19.5 Å². The van der Waals surface area contributed by atoms with E-state index in [0.717, 1.165) is 0 Å². The van der Waals surface area contributed by atoms with Crippen molar-refractivity contribution in [1.82, 2.24) is 0 Å². The summed E-state index contributed by atoms with van der Waals surface area (Å²) < 4.78 is 36.3. The molecule has 3 nitrogen and oxygen atoms in total. The molecule has 0 aliphatic carbocycles. The average molecular weight is 245 g/mol. The number of ketones is 1. The number of hydrogen-bond donors (Lipinski definition) is 1. The third-order valence-corrected chi connectivity index (χ3v) is 2.31. The SMILES string of the molecule is Cc1c(C=O)ccc(N)c1C(=O)CC(F)(F)F. The zero-order valence-corrected chi connectivity index (χ0v) is 8.97. The first kappa shape index (κ1) is 13.2. The molecule has 0 fully saturated rings. The van der Waals surface area contributed by atoms with E-state index >= 15 is 0 Å². The van der Waals surface area contributed by atoms with Crippen LogP contribution in [0.15, 0.2) is 12.1 Å². The van der Waals surface area contributed by atoms with Crippen molar-refractivity contribution in [2.24, 2.45) is 0 Å². The molecule has 0 bridgehead atoms. The van der Waals surface area contributed by atoms with Crippen LogP contribution in [0.1, 0.15) is 32.7 Å². The van der Waals surface area contributed by atoms with Crippen LogP contribution < -0.4 is 5.73 Å². The highest BCUT2D eigenvalue weighted by Gasteiger charge is 2.33. The first-order valence-corrected chi connectivity index (χ1v) is 4.70. The number of aldehydes is 1. The number of anilines is 1. The Labute approximate surface area is 95.4 Å². The van der Waals surface area contributed by atoms with E-state index in [1.165, 1.54) is 19.1 Å². The minimum Gasteiger partial charge on any atom is -0.398 e. The minimum absolute atomic E-state index is 0.0534. The minimum atomic E-state index is -4.59. The van der Waals surface area contributed by atoms with E-state index in [0.29, 0.717) is 6.29 Å². The number of benzene rings is 1. The predicted octanol–water partition coefficient (Wildman–Crippen LogP) is 2.52. The lowest BCUT2D eigenvalue weighted by molar-refractivity contribution is -0.125. The first-order chi connectivity index (χ1) is 7.76. The van der Waals surface area contributed by atoms with E-state index in [-0.39, 0.29) is 22.4 Å². The van der Waals surface area contributed by atoms with E-state index in [1.54, 1.807) is 0 Å². The number of nitrogen functional groups attached to an aromatic ring is 1. The zero-order chi connectivity index (χ0) is 13.2. The summed E-state index contributed by atoms with van der Waals surface area (Å²) in [4.78, 5) is 22.1. The molecule has 0 radical (unpaired) electrons. The quantitative estimate of drug-likeness (QED) is 0.505. The number of rotatable bonds is 3. The van der Waals surface area contributed by atoms with Gasteiger partial charge in [-0.2, -0.15) is 13.2 Å². The molecular weight excluding hydrogens is 235 g/mol. The fourth-order valence-electron chi connectivity index (χ4n) is 1.52. The van der Waals surface area contributed by atoms with E-state index in [1.807, 2.05) is 0 Å². The standard InChI is InChI=1S/C11H10F3NO2/c1-6-7(5-16)2-3-8(15)10(6)9(17)4-11(12,13)14/h2-3,5H,4,15H2,1H3. The summed E-state index contributed by atoms with van der Waals surface area (Å²) >= 11 is 0. The van der Waals surface area contributed by atoms with Crippen LogP contribution >= 0.6 is 0 Å². The van der Waals surface area contributed by atoms with E-state index in [4.69, 9.17) is 5.73 Å². The highest BCUT2D eigenvalue weighted by molar-refractivity contribution is 6.04. The second kappa shape index (κ2) is 4.57. The predicted molar refractivity (Wildman–Crippen MR) is 56.0 cm³/mol. The summed E-state index contributed by atoms with van der Waals surface area (Å²) in [7, 11) is 0. The van der Waals surface area contributed by atoms with Crippen LogP contribution in [0.4, 0.5) is 18.9 Å². The molecule has 6 heteroatoms. The van der Waals surface area contributed by atoms with E-state index < -0.39 is 18.4 Å². The highest BCUT2D eigenvalue weighted by Crippen LogP contribution is 2.27. The van der Waals surface area contributed by atoms with Crippen LogP contribution in [0.3, 0.4) is 0 Å². The Hall–Kier alpha value is -1.85. The summed E-state index contributed by atoms with van der Waals surface area (Å²) in [6, 6.07) is 2.61. The number of halogens is 3. The Balaban J connectivity index is 3.21. The van der Waals surface area contributed by atoms with Crippen LogP contribution in [0, 0.1) is 6.92 Å². The van der Waals surface area contributed by atoms with Gasteiger partial charge in [0, 0.05) is 16.8 Å². The molecule has 0 saturated heterocycles. The molecular formula is C11H10F3NO2. The van der Waals surface area contributed by atoms with Crippen molar-refractivity contribution in [3.05, 3.63) is 28.8 Å². The second-order valence-corrected chi connectivity index (χ2v) is 3.58. The molecule has 92 valence electrons. The van der Waals surface area contributed by atoms with Gasteiger partial charge in [-0.15, -0.1) is 0 Å². The molecule has 1 rings (SSSR count). The molecule has 0 aromatic heterocycles. The van der Waals surface area contributed by atoms with Gasteiger partial charge >= 0.3 is 6.18 Å². The molecule has 0 spiro atoms. The molecule has 0 saturated carbocycles. The van der Waals surface area contributed by atoms with Gasteiger partial charge in [-0.25, -0.2) is 0 Å². The number of hydrogen-bond acceptors (Lipinski definition) is 3.